The van der Waals surface area contributed by atoms with Gasteiger partial charge in [-0.1, -0.05) is 36.4 Å². The summed E-state index contributed by atoms with van der Waals surface area (Å²) in [5, 5.41) is -0.119. The highest BCUT2D eigenvalue weighted by molar-refractivity contribution is 5.93. The molecule has 0 saturated heterocycles. The minimum absolute atomic E-state index is 0.0609. The molecule has 0 spiro atoms. The second-order valence-corrected chi connectivity index (χ2v) is 5.41. The summed E-state index contributed by atoms with van der Waals surface area (Å²) in [6.07, 6.45) is -4.21. The van der Waals surface area contributed by atoms with E-state index in [9.17, 15) is 18.0 Å². The van der Waals surface area contributed by atoms with E-state index in [1.54, 1.807) is 0 Å². The van der Waals surface area contributed by atoms with Crippen LogP contribution in [-0.4, -0.2) is 11.0 Å². The number of hydrogen-bond acceptors (Lipinski definition) is 2. The van der Waals surface area contributed by atoms with Crippen molar-refractivity contribution in [2.75, 3.05) is 0 Å². The third kappa shape index (κ3) is 3.13. The third-order valence-electron chi connectivity index (χ3n) is 3.63. The van der Waals surface area contributed by atoms with Crippen molar-refractivity contribution in [2.45, 2.75) is 19.5 Å². The molecule has 3 nitrogen and oxygen atoms in total. The van der Waals surface area contributed by atoms with E-state index in [4.69, 9.17) is 4.74 Å². The molecule has 3 aromatic rings. The quantitative estimate of drug-likeness (QED) is 0.706. The first-order valence-electron chi connectivity index (χ1n) is 7.29. The zero-order valence-electron chi connectivity index (χ0n) is 12.8. The molecule has 1 N–H and O–H groups in total. The number of carbonyl (C=O) groups is 1. The summed E-state index contributed by atoms with van der Waals surface area (Å²) in [6.45, 7) is 1.17. The van der Waals surface area contributed by atoms with Crippen LogP contribution in [-0.2, 0) is 17.4 Å². The van der Waals surface area contributed by atoms with E-state index < -0.39 is 17.7 Å². The van der Waals surface area contributed by atoms with Crippen molar-refractivity contribution >= 4 is 16.9 Å². The fourth-order valence-corrected chi connectivity index (χ4v) is 2.69. The van der Waals surface area contributed by atoms with Gasteiger partial charge < -0.3 is 9.72 Å². The van der Waals surface area contributed by atoms with Crippen LogP contribution in [0.1, 0.15) is 23.7 Å². The highest BCUT2D eigenvalue weighted by atomic mass is 19.4. The topological polar surface area (TPSA) is 42.1 Å². The van der Waals surface area contributed by atoms with Gasteiger partial charge in [-0.3, -0.25) is 4.79 Å². The highest BCUT2D eigenvalue weighted by Gasteiger charge is 2.35. The van der Waals surface area contributed by atoms with Crippen molar-refractivity contribution < 1.29 is 22.7 Å². The Kier molecular flexibility index (Phi) is 4.05. The minimum atomic E-state index is -4.54. The molecular formula is C18H14F3NO2. The Bertz CT molecular complexity index is 882. The van der Waals surface area contributed by atoms with Gasteiger partial charge in [0.25, 0.3) is 0 Å². The number of rotatable bonds is 3. The van der Waals surface area contributed by atoms with Crippen LogP contribution >= 0.6 is 0 Å². The maximum absolute atomic E-state index is 13.3. The first-order chi connectivity index (χ1) is 11.4. The summed E-state index contributed by atoms with van der Waals surface area (Å²) in [4.78, 5) is 14.4. The van der Waals surface area contributed by atoms with Crippen molar-refractivity contribution in [3.63, 3.8) is 0 Å². The smallest absolute Gasteiger partial charge is 0.417 e. The van der Waals surface area contributed by atoms with Gasteiger partial charge in [0.15, 0.2) is 5.75 Å². The highest BCUT2D eigenvalue weighted by Crippen LogP contribution is 2.41. The molecule has 1 heterocycles. The van der Waals surface area contributed by atoms with Crippen molar-refractivity contribution in [1.29, 1.82) is 0 Å². The van der Waals surface area contributed by atoms with E-state index in [2.05, 4.69) is 4.98 Å². The van der Waals surface area contributed by atoms with Crippen LogP contribution in [0.5, 0.6) is 5.75 Å². The molecule has 0 aliphatic heterocycles. The Morgan fingerprint density at radius 1 is 1.08 bits per heavy atom. The van der Waals surface area contributed by atoms with Gasteiger partial charge in [0.2, 0.25) is 0 Å². The number of H-pyrrole nitrogens is 1. The van der Waals surface area contributed by atoms with E-state index in [1.165, 1.54) is 19.1 Å². The number of aromatic nitrogens is 1. The number of hydrogen-bond donors (Lipinski definition) is 1. The summed E-state index contributed by atoms with van der Waals surface area (Å²) in [7, 11) is 0. The molecule has 1 aromatic heterocycles. The molecule has 0 fully saturated rings. The van der Waals surface area contributed by atoms with Crippen LogP contribution in [0, 0.1) is 0 Å². The molecule has 2 aromatic carbocycles. The van der Waals surface area contributed by atoms with Crippen LogP contribution < -0.4 is 4.74 Å². The summed E-state index contributed by atoms with van der Waals surface area (Å²) < 4.78 is 45.1. The van der Waals surface area contributed by atoms with Crippen LogP contribution in [0.25, 0.3) is 10.9 Å². The normalized spacial score (nSPS) is 11.7. The first-order valence-corrected chi connectivity index (χ1v) is 7.29. The van der Waals surface area contributed by atoms with Crippen LogP contribution in [0.2, 0.25) is 0 Å². The number of halogens is 3. The van der Waals surface area contributed by atoms with Crippen molar-refractivity contribution in [1.82, 2.24) is 4.98 Å². The van der Waals surface area contributed by atoms with Crippen LogP contribution in [0.15, 0.2) is 48.5 Å². The molecule has 6 heteroatoms. The number of nitrogens with one attached hydrogen (secondary N) is 1. The monoisotopic (exact) mass is 333 g/mol. The zero-order valence-corrected chi connectivity index (χ0v) is 12.8. The van der Waals surface area contributed by atoms with E-state index >= 15 is 0 Å². The standard InChI is InChI=1S/C18H14F3NO2/c1-11(23)24-17-15(10-12-6-3-2-4-7-12)22-14-9-5-8-13(16(14)17)18(19,20)21/h2-9,22H,10H2,1H3. The van der Waals surface area contributed by atoms with E-state index in [-0.39, 0.29) is 16.7 Å². The van der Waals surface area contributed by atoms with E-state index in [0.717, 1.165) is 11.6 Å². The molecule has 124 valence electrons. The lowest BCUT2D eigenvalue weighted by molar-refractivity contribution is -0.137. The SMILES string of the molecule is CC(=O)Oc1c(Cc2ccccc2)[nH]c2cccc(C(F)(F)F)c12. The summed E-state index contributed by atoms with van der Waals surface area (Å²) in [5.41, 5.74) is 0.785. The lowest BCUT2D eigenvalue weighted by Crippen LogP contribution is -2.08. The number of alkyl halides is 3. The van der Waals surface area contributed by atoms with Crippen molar-refractivity contribution in [2.24, 2.45) is 0 Å². The minimum Gasteiger partial charge on any atom is -0.424 e. The van der Waals surface area contributed by atoms with E-state index in [0.29, 0.717) is 12.1 Å². The maximum atomic E-state index is 13.3. The number of benzene rings is 2. The van der Waals surface area contributed by atoms with Crippen molar-refractivity contribution in [3.05, 3.63) is 65.4 Å². The van der Waals surface area contributed by atoms with Gasteiger partial charge in [0.1, 0.15) is 0 Å². The van der Waals surface area contributed by atoms with Gasteiger partial charge in [0, 0.05) is 13.3 Å². The van der Waals surface area contributed by atoms with E-state index in [1.807, 2.05) is 30.3 Å². The predicted molar refractivity (Wildman–Crippen MR) is 83.9 cm³/mol. The second kappa shape index (κ2) is 6.03. The number of esters is 1. The molecule has 0 aliphatic carbocycles. The van der Waals surface area contributed by atoms with Gasteiger partial charge in [-0.25, -0.2) is 0 Å². The number of ether oxygens (including phenoxy) is 1. The predicted octanol–water partition coefficient (Wildman–Crippen LogP) is 4.70. The fourth-order valence-electron chi connectivity index (χ4n) is 2.69. The molecule has 0 atom stereocenters. The molecular weight excluding hydrogens is 319 g/mol. The summed E-state index contributed by atoms with van der Waals surface area (Å²) >= 11 is 0. The lowest BCUT2D eigenvalue weighted by atomic mass is 10.1. The molecule has 3 rings (SSSR count). The molecule has 24 heavy (non-hydrogen) atoms. The van der Waals surface area contributed by atoms with Gasteiger partial charge >= 0.3 is 12.1 Å². The Hall–Kier alpha value is -2.76. The van der Waals surface area contributed by atoms with Crippen LogP contribution in [0.3, 0.4) is 0 Å². The van der Waals surface area contributed by atoms with Gasteiger partial charge in [0.05, 0.1) is 22.2 Å². The average Bonchev–Trinajstić information content (AvgIpc) is 2.84. The Morgan fingerprint density at radius 3 is 2.42 bits per heavy atom. The summed E-state index contributed by atoms with van der Waals surface area (Å²) in [6, 6.07) is 13.1. The maximum Gasteiger partial charge on any atom is 0.417 e. The second-order valence-electron chi connectivity index (χ2n) is 5.41. The number of carbonyl (C=O) groups excluding carboxylic acids is 1. The molecule has 0 aliphatic rings. The van der Waals surface area contributed by atoms with Gasteiger partial charge in [-0.15, -0.1) is 0 Å². The van der Waals surface area contributed by atoms with Crippen molar-refractivity contribution in [3.8, 4) is 5.75 Å². The molecule has 0 amide bonds. The zero-order chi connectivity index (χ0) is 17.3. The third-order valence-corrected chi connectivity index (χ3v) is 3.63. The molecule has 0 saturated carbocycles. The summed E-state index contributed by atoms with van der Waals surface area (Å²) in [5.74, 6) is -0.725. The van der Waals surface area contributed by atoms with Gasteiger partial charge in [-0.05, 0) is 17.7 Å². The molecule has 0 bridgehead atoms. The molecule has 0 radical (unpaired) electrons. The van der Waals surface area contributed by atoms with Gasteiger partial charge in [-0.2, -0.15) is 13.2 Å². The van der Waals surface area contributed by atoms with Crippen LogP contribution in [0.4, 0.5) is 13.2 Å². The Balaban J connectivity index is 2.20. The number of aromatic amines is 1. The lowest BCUT2D eigenvalue weighted by Gasteiger charge is -2.10. The molecule has 0 unspecified atom stereocenters. The number of fused-ring (bicyclic) bond motifs is 1. The Morgan fingerprint density at radius 2 is 1.79 bits per heavy atom. The first kappa shape index (κ1) is 16.1. The fraction of sp³-hybridized carbons (Fsp3) is 0.167. The largest absolute Gasteiger partial charge is 0.424 e. The average molecular weight is 333 g/mol. The Labute approximate surface area is 136 Å².